The van der Waals surface area contributed by atoms with Crippen LogP contribution in [-0.4, -0.2) is 20.8 Å². The van der Waals surface area contributed by atoms with Gasteiger partial charge in [0, 0.05) is 5.56 Å². The lowest BCUT2D eigenvalue weighted by Crippen LogP contribution is -2.01. The highest BCUT2D eigenvalue weighted by Crippen LogP contribution is 2.30. The van der Waals surface area contributed by atoms with E-state index in [0.717, 1.165) is 30.6 Å². The quantitative estimate of drug-likeness (QED) is 0.746. The van der Waals surface area contributed by atoms with Crippen LogP contribution in [0.1, 0.15) is 24.0 Å². The zero-order valence-electron chi connectivity index (χ0n) is 10.5. The van der Waals surface area contributed by atoms with Gasteiger partial charge in [-0.15, -0.1) is 0 Å². The van der Waals surface area contributed by atoms with Gasteiger partial charge in [0.15, 0.2) is 0 Å². The van der Waals surface area contributed by atoms with Crippen molar-refractivity contribution in [2.24, 2.45) is 5.73 Å². The molecule has 96 valence electrons. The third-order valence-corrected chi connectivity index (χ3v) is 2.73. The molecule has 0 unspecified atom stereocenters. The second-order valence-electron chi connectivity index (χ2n) is 3.86. The zero-order chi connectivity index (χ0) is 12.7. The van der Waals surface area contributed by atoms with Crippen LogP contribution in [0.3, 0.4) is 0 Å². The Balaban J connectivity index is 2.93. The Bertz CT molecular complexity index is 356. The average molecular weight is 241 g/mol. The number of hydrogen-bond acceptors (Lipinski definition) is 3. The largest absolute Gasteiger partial charge is 0.496 e. The number of unbranched alkanes of at least 4 members (excludes halogenated alkanes) is 1. The van der Waals surface area contributed by atoms with Gasteiger partial charge in [-0.05, 0) is 43.5 Å². The molecule has 17 heavy (non-hydrogen) atoms. The van der Waals surface area contributed by atoms with Crippen molar-refractivity contribution >= 4 is 0 Å². The lowest BCUT2D eigenvalue weighted by atomic mass is 10.0. The molecule has 0 aliphatic rings. The second kappa shape index (κ2) is 7.12. The molecule has 0 aliphatic heterocycles. The summed E-state index contributed by atoms with van der Waals surface area (Å²) in [5, 5.41) is 0. The fourth-order valence-electron chi connectivity index (χ4n) is 1.78. The van der Waals surface area contributed by atoms with E-state index in [2.05, 4.69) is 0 Å². The van der Waals surface area contributed by atoms with E-state index in [1.165, 1.54) is 0 Å². The van der Waals surface area contributed by atoms with Gasteiger partial charge in [0.05, 0.1) is 14.2 Å². The molecule has 1 rings (SSSR count). The van der Waals surface area contributed by atoms with Gasteiger partial charge in [-0.2, -0.15) is 0 Å². The average Bonchev–Trinajstić information content (AvgIpc) is 2.38. The van der Waals surface area contributed by atoms with Crippen LogP contribution in [0.25, 0.3) is 0 Å². The first-order valence-electron chi connectivity index (χ1n) is 5.76. The van der Waals surface area contributed by atoms with Crippen LogP contribution in [-0.2, 0) is 13.1 Å². The predicted octanol–water partition coefficient (Wildman–Crippen LogP) is 2.45. The van der Waals surface area contributed by atoms with E-state index in [1.807, 2.05) is 6.07 Å². The van der Waals surface area contributed by atoms with Crippen molar-refractivity contribution in [1.82, 2.24) is 0 Å². The Morgan fingerprint density at radius 1 is 1.06 bits per heavy atom. The van der Waals surface area contributed by atoms with Crippen molar-refractivity contribution in [1.29, 1.82) is 0 Å². The van der Waals surface area contributed by atoms with E-state index < -0.39 is 6.67 Å². The minimum absolute atomic E-state index is 0.520. The van der Waals surface area contributed by atoms with E-state index in [1.54, 1.807) is 20.3 Å². The van der Waals surface area contributed by atoms with Crippen LogP contribution >= 0.6 is 0 Å². The van der Waals surface area contributed by atoms with E-state index in [0.29, 0.717) is 17.9 Å². The first-order chi connectivity index (χ1) is 8.26. The van der Waals surface area contributed by atoms with Crippen molar-refractivity contribution in [3.63, 3.8) is 0 Å². The predicted molar refractivity (Wildman–Crippen MR) is 66.4 cm³/mol. The fraction of sp³-hybridized carbons (Fsp3) is 0.538. The Hall–Kier alpha value is -1.29. The smallest absolute Gasteiger partial charge is 0.125 e. The number of ether oxygens (including phenoxy) is 2. The summed E-state index contributed by atoms with van der Waals surface area (Å²) >= 11 is 0. The monoisotopic (exact) mass is 241 g/mol. The number of hydrogen-bond donors (Lipinski definition) is 1. The molecule has 1 aromatic carbocycles. The molecule has 0 saturated carbocycles. The molecule has 1 aromatic rings. The van der Waals surface area contributed by atoms with Crippen molar-refractivity contribution in [3.05, 3.63) is 23.3 Å². The molecular weight excluding hydrogens is 221 g/mol. The molecule has 2 N–H and O–H groups in total. The SMILES string of the molecule is COc1cc(CCCCN)c(OC)cc1CF. The normalized spacial score (nSPS) is 10.4. The van der Waals surface area contributed by atoms with E-state index in [-0.39, 0.29) is 0 Å². The molecule has 4 heteroatoms. The van der Waals surface area contributed by atoms with E-state index in [9.17, 15) is 4.39 Å². The number of benzene rings is 1. The number of aryl methyl sites for hydroxylation is 1. The summed E-state index contributed by atoms with van der Waals surface area (Å²) < 4.78 is 23.2. The van der Waals surface area contributed by atoms with Gasteiger partial charge in [-0.1, -0.05) is 0 Å². The summed E-state index contributed by atoms with van der Waals surface area (Å²) in [5.74, 6) is 1.30. The Labute approximate surface area is 102 Å². The standard InChI is InChI=1S/C13H20FNO2/c1-16-12-8-11(9-14)13(17-2)7-10(12)5-3-4-6-15/h7-8H,3-6,9,15H2,1-2H3. The summed E-state index contributed by atoms with van der Waals surface area (Å²) in [6, 6.07) is 3.56. The molecule has 0 atom stereocenters. The van der Waals surface area contributed by atoms with Gasteiger partial charge < -0.3 is 15.2 Å². The Kier molecular flexibility index (Phi) is 5.77. The highest BCUT2D eigenvalue weighted by atomic mass is 19.1. The summed E-state index contributed by atoms with van der Waals surface area (Å²) in [6.07, 6.45) is 2.82. The Morgan fingerprint density at radius 3 is 2.18 bits per heavy atom. The number of nitrogens with two attached hydrogens (primary N) is 1. The van der Waals surface area contributed by atoms with Gasteiger partial charge in [-0.25, -0.2) is 4.39 Å². The molecule has 0 radical (unpaired) electrons. The number of halogens is 1. The highest BCUT2D eigenvalue weighted by molar-refractivity contribution is 5.46. The number of alkyl halides is 1. The van der Waals surface area contributed by atoms with Crippen LogP contribution in [0.2, 0.25) is 0 Å². The highest BCUT2D eigenvalue weighted by Gasteiger charge is 2.10. The molecule has 0 fully saturated rings. The van der Waals surface area contributed by atoms with Gasteiger partial charge in [0.2, 0.25) is 0 Å². The maximum atomic E-state index is 12.8. The lowest BCUT2D eigenvalue weighted by Gasteiger charge is -2.13. The zero-order valence-corrected chi connectivity index (χ0v) is 10.5. The molecule has 0 amide bonds. The van der Waals surface area contributed by atoms with Crippen molar-refractivity contribution < 1.29 is 13.9 Å². The second-order valence-corrected chi connectivity index (χ2v) is 3.86. The van der Waals surface area contributed by atoms with Crippen LogP contribution in [0.5, 0.6) is 11.5 Å². The summed E-state index contributed by atoms with van der Waals surface area (Å²) in [5.41, 5.74) is 7.02. The third kappa shape index (κ3) is 3.60. The first kappa shape index (κ1) is 13.8. The number of methoxy groups -OCH3 is 2. The van der Waals surface area contributed by atoms with Gasteiger partial charge in [-0.3, -0.25) is 0 Å². The van der Waals surface area contributed by atoms with Gasteiger partial charge >= 0.3 is 0 Å². The van der Waals surface area contributed by atoms with Crippen LogP contribution in [0.4, 0.5) is 4.39 Å². The maximum absolute atomic E-state index is 12.8. The molecule has 0 aromatic heterocycles. The minimum atomic E-state index is -0.553. The molecule has 0 spiro atoms. The van der Waals surface area contributed by atoms with Crippen molar-refractivity contribution in [2.45, 2.75) is 25.9 Å². The van der Waals surface area contributed by atoms with E-state index >= 15 is 0 Å². The van der Waals surface area contributed by atoms with Gasteiger partial charge in [0.1, 0.15) is 18.2 Å². The maximum Gasteiger partial charge on any atom is 0.125 e. The summed E-state index contributed by atoms with van der Waals surface area (Å²) in [7, 11) is 3.14. The fourth-order valence-corrected chi connectivity index (χ4v) is 1.78. The molecule has 0 aliphatic carbocycles. The Morgan fingerprint density at radius 2 is 1.65 bits per heavy atom. The molecular formula is C13H20FNO2. The molecule has 0 saturated heterocycles. The summed E-state index contributed by atoms with van der Waals surface area (Å²) in [4.78, 5) is 0. The molecule has 0 heterocycles. The first-order valence-corrected chi connectivity index (χ1v) is 5.76. The van der Waals surface area contributed by atoms with Crippen LogP contribution < -0.4 is 15.2 Å². The van der Waals surface area contributed by atoms with Crippen molar-refractivity contribution in [3.8, 4) is 11.5 Å². The van der Waals surface area contributed by atoms with Crippen LogP contribution in [0, 0.1) is 0 Å². The van der Waals surface area contributed by atoms with Gasteiger partial charge in [0.25, 0.3) is 0 Å². The third-order valence-electron chi connectivity index (χ3n) is 2.73. The lowest BCUT2D eigenvalue weighted by molar-refractivity contribution is 0.382. The topological polar surface area (TPSA) is 44.5 Å². The molecule has 0 bridgehead atoms. The van der Waals surface area contributed by atoms with Crippen molar-refractivity contribution in [2.75, 3.05) is 20.8 Å². The summed E-state index contributed by atoms with van der Waals surface area (Å²) in [6.45, 7) is 0.130. The van der Waals surface area contributed by atoms with E-state index in [4.69, 9.17) is 15.2 Å². The minimum Gasteiger partial charge on any atom is -0.496 e. The molecule has 3 nitrogen and oxygen atoms in total. The van der Waals surface area contributed by atoms with Crippen LogP contribution in [0.15, 0.2) is 12.1 Å². The number of rotatable bonds is 7.